The van der Waals surface area contributed by atoms with Crippen molar-refractivity contribution in [2.75, 3.05) is 13.1 Å². The third-order valence-corrected chi connectivity index (χ3v) is 4.16. The van der Waals surface area contributed by atoms with Gasteiger partial charge in [-0.15, -0.1) is 0 Å². The van der Waals surface area contributed by atoms with E-state index in [0.717, 1.165) is 30.0 Å². The van der Waals surface area contributed by atoms with Gasteiger partial charge in [-0.25, -0.2) is 0 Å². The van der Waals surface area contributed by atoms with E-state index in [0.29, 0.717) is 0 Å². The highest BCUT2D eigenvalue weighted by Crippen LogP contribution is 2.27. The fraction of sp³-hybridized carbons (Fsp3) is 0.462. The van der Waals surface area contributed by atoms with Crippen molar-refractivity contribution in [3.8, 4) is 0 Å². The first kappa shape index (κ1) is 11.2. The van der Waals surface area contributed by atoms with Gasteiger partial charge in [-0.3, -0.25) is 4.68 Å². The Morgan fingerprint density at radius 2 is 2.41 bits per heavy atom. The summed E-state index contributed by atoms with van der Waals surface area (Å²) in [7, 11) is 2.02. The van der Waals surface area contributed by atoms with Gasteiger partial charge >= 0.3 is 0 Å². The van der Waals surface area contributed by atoms with Crippen LogP contribution in [0.15, 0.2) is 22.8 Å². The summed E-state index contributed by atoms with van der Waals surface area (Å²) in [5.74, 6) is 0.772. The zero-order valence-corrected chi connectivity index (χ0v) is 11.5. The lowest BCUT2D eigenvalue weighted by Gasteiger charge is -2.10. The van der Waals surface area contributed by atoms with Crippen molar-refractivity contribution >= 4 is 26.8 Å². The van der Waals surface area contributed by atoms with E-state index in [4.69, 9.17) is 0 Å². The minimum absolute atomic E-state index is 0.772. The van der Waals surface area contributed by atoms with Gasteiger partial charge in [0.05, 0.1) is 5.52 Å². The molecule has 0 bridgehead atoms. The van der Waals surface area contributed by atoms with E-state index in [-0.39, 0.29) is 0 Å². The highest BCUT2D eigenvalue weighted by Gasteiger charge is 2.17. The number of para-hydroxylation sites is 1. The molecule has 1 fully saturated rings. The van der Waals surface area contributed by atoms with Crippen LogP contribution in [0.5, 0.6) is 0 Å². The van der Waals surface area contributed by atoms with Crippen LogP contribution in [0.2, 0.25) is 0 Å². The van der Waals surface area contributed by atoms with Crippen molar-refractivity contribution in [2.24, 2.45) is 13.0 Å². The van der Waals surface area contributed by atoms with Gasteiger partial charge in [0.15, 0.2) is 0 Å². The van der Waals surface area contributed by atoms with Crippen molar-refractivity contribution in [3.63, 3.8) is 0 Å². The number of rotatable bonds is 2. The lowest BCUT2D eigenvalue weighted by Crippen LogP contribution is -2.11. The molecule has 0 aliphatic carbocycles. The number of hydrogen-bond donors (Lipinski definition) is 1. The number of aromatic nitrogens is 2. The molecule has 1 saturated heterocycles. The molecule has 1 atom stereocenters. The van der Waals surface area contributed by atoms with Crippen molar-refractivity contribution in [2.45, 2.75) is 12.8 Å². The predicted molar refractivity (Wildman–Crippen MR) is 73.1 cm³/mol. The fourth-order valence-electron chi connectivity index (χ4n) is 2.74. The molecule has 17 heavy (non-hydrogen) atoms. The van der Waals surface area contributed by atoms with Gasteiger partial charge in [0.1, 0.15) is 4.60 Å². The SMILES string of the molecule is Cn1nc(Br)c2cccc(CC3CCNC3)c21. The van der Waals surface area contributed by atoms with Gasteiger partial charge in [-0.05, 0) is 53.3 Å². The maximum Gasteiger partial charge on any atom is 0.135 e. The van der Waals surface area contributed by atoms with Crippen LogP contribution >= 0.6 is 15.9 Å². The fourth-order valence-corrected chi connectivity index (χ4v) is 3.30. The molecule has 4 heteroatoms. The van der Waals surface area contributed by atoms with Crippen LogP contribution in [0.3, 0.4) is 0 Å². The Morgan fingerprint density at radius 1 is 1.53 bits per heavy atom. The second-order valence-corrected chi connectivity index (χ2v) is 5.54. The quantitative estimate of drug-likeness (QED) is 0.922. The molecule has 1 aliphatic rings. The number of benzene rings is 1. The van der Waals surface area contributed by atoms with E-state index in [2.05, 4.69) is 44.5 Å². The number of hydrogen-bond acceptors (Lipinski definition) is 2. The standard InChI is InChI=1S/C13H16BrN3/c1-17-12-10(7-9-5-6-15-8-9)3-2-4-11(12)13(14)16-17/h2-4,9,15H,5-8H2,1H3. The molecule has 1 aromatic carbocycles. The molecular weight excluding hydrogens is 278 g/mol. The molecule has 2 aromatic rings. The van der Waals surface area contributed by atoms with E-state index in [9.17, 15) is 0 Å². The third kappa shape index (κ3) is 2.00. The normalized spacial score (nSPS) is 20.2. The summed E-state index contributed by atoms with van der Waals surface area (Å²) in [5.41, 5.74) is 2.68. The lowest BCUT2D eigenvalue weighted by molar-refractivity contribution is 0.580. The molecule has 0 spiro atoms. The van der Waals surface area contributed by atoms with Crippen LogP contribution in [0.4, 0.5) is 0 Å². The van der Waals surface area contributed by atoms with Crippen LogP contribution in [0, 0.1) is 5.92 Å². The summed E-state index contributed by atoms with van der Waals surface area (Å²) in [6, 6.07) is 6.49. The molecule has 0 saturated carbocycles. The average Bonchev–Trinajstić information content (AvgIpc) is 2.90. The molecule has 3 rings (SSSR count). The van der Waals surface area contributed by atoms with Gasteiger partial charge in [0.2, 0.25) is 0 Å². The van der Waals surface area contributed by atoms with Crippen LogP contribution in [0.1, 0.15) is 12.0 Å². The summed E-state index contributed by atoms with van der Waals surface area (Å²) < 4.78 is 2.93. The number of nitrogens with zero attached hydrogens (tertiary/aromatic N) is 2. The minimum atomic E-state index is 0.772. The van der Waals surface area contributed by atoms with Gasteiger partial charge in [0.25, 0.3) is 0 Å². The predicted octanol–water partition coefficient (Wildman–Crippen LogP) is 2.49. The Morgan fingerprint density at radius 3 is 3.18 bits per heavy atom. The zero-order valence-electron chi connectivity index (χ0n) is 9.91. The zero-order chi connectivity index (χ0) is 11.8. The molecule has 1 N–H and O–H groups in total. The van der Waals surface area contributed by atoms with Crippen molar-refractivity contribution in [3.05, 3.63) is 28.4 Å². The Bertz CT molecular complexity index is 541. The van der Waals surface area contributed by atoms with Crippen molar-refractivity contribution in [1.29, 1.82) is 0 Å². The molecule has 0 amide bonds. The van der Waals surface area contributed by atoms with Crippen LogP contribution < -0.4 is 5.32 Å². The van der Waals surface area contributed by atoms with Gasteiger partial charge in [0, 0.05) is 12.4 Å². The topological polar surface area (TPSA) is 29.9 Å². The Labute approximate surface area is 109 Å². The van der Waals surface area contributed by atoms with Crippen molar-refractivity contribution < 1.29 is 0 Å². The van der Waals surface area contributed by atoms with Gasteiger partial charge in [-0.2, -0.15) is 5.10 Å². The number of nitrogens with one attached hydrogen (secondary N) is 1. The lowest BCUT2D eigenvalue weighted by atomic mass is 9.97. The molecular formula is C13H16BrN3. The first-order valence-corrected chi connectivity index (χ1v) is 6.86. The molecule has 1 unspecified atom stereocenters. The Hall–Kier alpha value is -0.870. The highest BCUT2D eigenvalue weighted by molar-refractivity contribution is 9.10. The minimum Gasteiger partial charge on any atom is -0.316 e. The first-order valence-electron chi connectivity index (χ1n) is 6.06. The van der Waals surface area contributed by atoms with Crippen LogP contribution in [-0.2, 0) is 13.5 Å². The smallest absolute Gasteiger partial charge is 0.135 e. The summed E-state index contributed by atoms with van der Waals surface area (Å²) in [5, 5.41) is 9.09. The molecule has 1 aromatic heterocycles. The van der Waals surface area contributed by atoms with E-state index in [1.165, 1.54) is 22.9 Å². The maximum absolute atomic E-state index is 4.44. The molecule has 3 nitrogen and oxygen atoms in total. The van der Waals surface area contributed by atoms with E-state index >= 15 is 0 Å². The summed E-state index contributed by atoms with van der Waals surface area (Å²) >= 11 is 3.52. The highest BCUT2D eigenvalue weighted by atomic mass is 79.9. The summed E-state index contributed by atoms with van der Waals surface area (Å²) in [6.07, 6.45) is 2.44. The van der Waals surface area contributed by atoms with E-state index in [1.54, 1.807) is 0 Å². The summed E-state index contributed by atoms with van der Waals surface area (Å²) in [4.78, 5) is 0. The molecule has 1 aliphatic heterocycles. The number of halogens is 1. The average molecular weight is 294 g/mol. The molecule has 0 radical (unpaired) electrons. The van der Waals surface area contributed by atoms with E-state index < -0.39 is 0 Å². The number of aryl methyl sites for hydroxylation is 1. The monoisotopic (exact) mass is 293 g/mol. The maximum atomic E-state index is 4.44. The largest absolute Gasteiger partial charge is 0.316 e. The number of fused-ring (bicyclic) bond motifs is 1. The first-order chi connectivity index (χ1) is 8.25. The second-order valence-electron chi connectivity index (χ2n) is 4.79. The van der Waals surface area contributed by atoms with Gasteiger partial charge < -0.3 is 5.32 Å². The summed E-state index contributed by atoms with van der Waals surface area (Å²) in [6.45, 7) is 2.31. The van der Waals surface area contributed by atoms with E-state index in [1.807, 2.05) is 11.7 Å². The van der Waals surface area contributed by atoms with Crippen LogP contribution in [0.25, 0.3) is 10.9 Å². The van der Waals surface area contributed by atoms with Crippen LogP contribution in [-0.4, -0.2) is 22.9 Å². The Balaban J connectivity index is 2.03. The molecule has 90 valence electrons. The van der Waals surface area contributed by atoms with Crippen molar-refractivity contribution in [1.82, 2.24) is 15.1 Å². The molecule has 2 heterocycles. The second kappa shape index (κ2) is 4.42. The third-order valence-electron chi connectivity index (χ3n) is 3.57. The Kier molecular flexibility index (Phi) is 2.92. The van der Waals surface area contributed by atoms with Gasteiger partial charge in [-0.1, -0.05) is 18.2 Å².